The lowest BCUT2D eigenvalue weighted by molar-refractivity contribution is 0.557. The van der Waals surface area contributed by atoms with Gasteiger partial charge in [0.2, 0.25) is 5.13 Å². The normalized spacial score (nSPS) is 12.3. The molecule has 0 amide bonds. The van der Waals surface area contributed by atoms with E-state index in [1.54, 1.807) is 4.68 Å². The number of anilines is 2. The van der Waals surface area contributed by atoms with E-state index in [4.69, 9.17) is 23.2 Å². The largest absolute Gasteiger partial charge is 0.313 e. The highest BCUT2D eigenvalue weighted by Gasteiger charge is 2.15. The van der Waals surface area contributed by atoms with Crippen LogP contribution in [-0.4, -0.2) is 29.8 Å². The molecule has 0 saturated heterocycles. The average molecular weight is 434 g/mol. The number of hydrogen-bond acceptors (Lipinski definition) is 6. The first-order valence-electron chi connectivity index (χ1n) is 8.57. The Hall–Kier alpha value is -2.42. The third kappa shape index (κ3) is 4.04. The van der Waals surface area contributed by atoms with E-state index in [0.29, 0.717) is 27.5 Å². The fourth-order valence-electron chi connectivity index (χ4n) is 2.68. The SMILES string of the molecule is Cc1cnn([C@H](C)c2nnc(Nc3ccn(Cc4c(Cl)cccc4Cl)n3)s2)c1. The summed E-state index contributed by atoms with van der Waals surface area (Å²) in [5.74, 6) is 0.675. The summed E-state index contributed by atoms with van der Waals surface area (Å²) >= 11 is 13.9. The predicted molar refractivity (Wildman–Crippen MR) is 112 cm³/mol. The van der Waals surface area contributed by atoms with Gasteiger partial charge in [0.25, 0.3) is 0 Å². The summed E-state index contributed by atoms with van der Waals surface area (Å²) in [6, 6.07) is 7.34. The highest BCUT2D eigenvalue weighted by atomic mass is 35.5. The molecule has 1 aromatic carbocycles. The van der Waals surface area contributed by atoms with Gasteiger partial charge in [0.1, 0.15) is 11.0 Å². The zero-order chi connectivity index (χ0) is 19.7. The lowest BCUT2D eigenvalue weighted by Gasteiger charge is -2.07. The second-order valence-electron chi connectivity index (χ2n) is 6.34. The molecule has 1 N–H and O–H groups in total. The number of aryl methyl sites for hydroxylation is 1. The molecule has 28 heavy (non-hydrogen) atoms. The molecule has 1 atom stereocenters. The van der Waals surface area contributed by atoms with Crippen molar-refractivity contribution in [3.63, 3.8) is 0 Å². The van der Waals surface area contributed by atoms with Gasteiger partial charge in [-0.1, -0.05) is 40.6 Å². The van der Waals surface area contributed by atoms with Crippen LogP contribution in [0.15, 0.2) is 42.9 Å². The molecule has 7 nitrogen and oxygen atoms in total. The quantitative estimate of drug-likeness (QED) is 0.465. The molecule has 10 heteroatoms. The monoisotopic (exact) mass is 433 g/mol. The van der Waals surface area contributed by atoms with E-state index in [1.165, 1.54) is 11.3 Å². The van der Waals surface area contributed by atoms with Crippen molar-refractivity contribution in [1.29, 1.82) is 0 Å². The standard InChI is InChI=1S/C18H17Cl2N7S/c1-11-8-21-27(9-11)12(2)17-23-24-18(28-17)22-16-6-7-26(25-16)10-13-14(19)4-3-5-15(13)20/h3-9,12H,10H2,1-2H3,(H,22,24,25)/t12-/m1/s1. The highest BCUT2D eigenvalue weighted by Crippen LogP contribution is 2.27. The molecule has 0 aliphatic heterocycles. The van der Waals surface area contributed by atoms with Crippen LogP contribution in [0.2, 0.25) is 10.0 Å². The van der Waals surface area contributed by atoms with Gasteiger partial charge in [-0.05, 0) is 31.5 Å². The Labute approximate surface area is 175 Å². The van der Waals surface area contributed by atoms with E-state index >= 15 is 0 Å². The van der Waals surface area contributed by atoms with Gasteiger partial charge in [0.15, 0.2) is 5.82 Å². The summed E-state index contributed by atoms with van der Waals surface area (Å²) in [4.78, 5) is 0. The Bertz CT molecular complexity index is 1080. The zero-order valence-corrected chi connectivity index (χ0v) is 17.5. The van der Waals surface area contributed by atoms with Crippen LogP contribution in [-0.2, 0) is 6.54 Å². The molecule has 0 saturated carbocycles. The third-order valence-electron chi connectivity index (χ3n) is 4.18. The fraction of sp³-hybridized carbons (Fsp3) is 0.222. The van der Waals surface area contributed by atoms with E-state index in [9.17, 15) is 0 Å². The molecular weight excluding hydrogens is 417 g/mol. The number of rotatable bonds is 6. The molecule has 144 valence electrons. The predicted octanol–water partition coefficient (Wildman–Crippen LogP) is 4.95. The molecule has 0 unspecified atom stereocenters. The van der Waals surface area contributed by atoms with Crippen molar-refractivity contribution in [2.45, 2.75) is 26.4 Å². The number of benzene rings is 1. The maximum atomic E-state index is 6.24. The van der Waals surface area contributed by atoms with Crippen LogP contribution in [0.1, 0.15) is 29.1 Å². The first-order chi connectivity index (χ1) is 13.5. The second kappa shape index (κ2) is 7.90. The van der Waals surface area contributed by atoms with Crippen molar-refractivity contribution in [1.82, 2.24) is 29.8 Å². The zero-order valence-electron chi connectivity index (χ0n) is 15.2. The Balaban J connectivity index is 1.45. The van der Waals surface area contributed by atoms with Gasteiger partial charge >= 0.3 is 0 Å². The lowest BCUT2D eigenvalue weighted by Crippen LogP contribution is -2.06. The van der Waals surface area contributed by atoms with Gasteiger partial charge in [-0.2, -0.15) is 10.2 Å². The summed E-state index contributed by atoms with van der Waals surface area (Å²) in [6.07, 6.45) is 5.67. The van der Waals surface area contributed by atoms with Gasteiger partial charge in [0, 0.05) is 34.1 Å². The first-order valence-corrected chi connectivity index (χ1v) is 10.1. The maximum absolute atomic E-state index is 6.24. The Kier molecular flexibility index (Phi) is 5.34. The second-order valence-corrected chi connectivity index (χ2v) is 8.17. The minimum atomic E-state index is 0.0154. The van der Waals surface area contributed by atoms with Gasteiger partial charge in [0.05, 0.1) is 12.7 Å². The molecule has 0 fully saturated rings. The molecular formula is C18H17Cl2N7S. The Morgan fingerprint density at radius 3 is 2.68 bits per heavy atom. The number of nitrogens with one attached hydrogen (secondary N) is 1. The molecule has 3 heterocycles. The van der Waals surface area contributed by atoms with Crippen LogP contribution in [0.25, 0.3) is 0 Å². The van der Waals surface area contributed by atoms with Gasteiger partial charge < -0.3 is 5.32 Å². The van der Waals surface area contributed by atoms with Crippen LogP contribution in [0.3, 0.4) is 0 Å². The number of hydrogen-bond donors (Lipinski definition) is 1. The minimum Gasteiger partial charge on any atom is -0.313 e. The van der Waals surface area contributed by atoms with Crippen LogP contribution < -0.4 is 5.32 Å². The van der Waals surface area contributed by atoms with E-state index in [-0.39, 0.29) is 6.04 Å². The molecule has 3 aromatic heterocycles. The topological polar surface area (TPSA) is 73.5 Å². The fourth-order valence-corrected chi connectivity index (χ4v) is 4.00. The van der Waals surface area contributed by atoms with Crippen molar-refractivity contribution in [3.05, 3.63) is 69.0 Å². The minimum absolute atomic E-state index is 0.0154. The van der Waals surface area contributed by atoms with E-state index < -0.39 is 0 Å². The Morgan fingerprint density at radius 2 is 1.96 bits per heavy atom. The molecule has 0 spiro atoms. The summed E-state index contributed by atoms with van der Waals surface area (Å²) in [6.45, 7) is 4.53. The molecule has 4 aromatic rings. The molecule has 0 radical (unpaired) electrons. The number of halogens is 2. The van der Waals surface area contributed by atoms with Gasteiger partial charge in [-0.15, -0.1) is 10.2 Å². The molecule has 0 aliphatic rings. The number of nitrogens with zero attached hydrogens (tertiary/aromatic N) is 6. The highest BCUT2D eigenvalue weighted by molar-refractivity contribution is 7.15. The summed E-state index contributed by atoms with van der Waals surface area (Å²) in [5.41, 5.74) is 1.95. The van der Waals surface area contributed by atoms with E-state index in [1.807, 2.05) is 61.4 Å². The number of aromatic nitrogens is 6. The summed E-state index contributed by atoms with van der Waals surface area (Å²) in [5, 5.41) is 23.3. The summed E-state index contributed by atoms with van der Waals surface area (Å²) in [7, 11) is 0. The maximum Gasteiger partial charge on any atom is 0.211 e. The van der Waals surface area contributed by atoms with Gasteiger partial charge in [-0.3, -0.25) is 9.36 Å². The van der Waals surface area contributed by atoms with Crippen LogP contribution in [0.5, 0.6) is 0 Å². The molecule has 0 aliphatic carbocycles. The Morgan fingerprint density at radius 1 is 1.18 bits per heavy atom. The molecule has 0 bridgehead atoms. The van der Waals surface area contributed by atoms with Crippen LogP contribution in [0, 0.1) is 6.92 Å². The average Bonchev–Trinajstić information content (AvgIpc) is 3.40. The van der Waals surface area contributed by atoms with E-state index in [2.05, 4.69) is 25.7 Å². The first kappa shape index (κ1) is 18.9. The van der Waals surface area contributed by atoms with Crippen molar-refractivity contribution in [2.75, 3.05) is 5.32 Å². The third-order valence-corrected chi connectivity index (χ3v) is 5.90. The van der Waals surface area contributed by atoms with Gasteiger partial charge in [-0.25, -0.2) is 0 Å². The summed E-state index contributed by atoms with van der Waals surface area (Å²) < 4.78 is 3.65. The van der Waals surface area contributed by atoms with Crippen LogP contribution >= 0.6 is 34.5 Å². The van der Waals surface area contributed by atoms with Crippen molar-refractivity contribution < 1.29 is 0 Å². The smallest absolute Gasteiger partial charge is 0.211 e. The van der Waals surface area contributed by atoms with Crippen LogP contribution in [0.4, 0.5) is 10.9 Å². The molecule has 4 rings (SSSR count). The lowest BCUT2D eigenvalue weighted by atomic mass is 10.2. The van der Waals surface area contributed by atoms with Crippen molar-refractivity contribution in [3.8, 4) is 0 Å². The van der Waals surface area contributed by atoms with Crippen molar-refractivity contribution in [2.24, 2.45) is 0 Å². The van der Waals surface area contributed by atoms with Crippen molar-refractivity contribution >= 4 is 45.5 Å². The van der Waals surface area contributed by atoms with E-state index in [0.717, 1.165) is 16.1 Å².